The SMILES string of the molecule is COc1ccc2cc(CN(C)CC(C)N)ccc2c1. The van der Waals surface area contributed by atoms with Crippen molar-refractivity contribution >= 4 is 10.8 Å². The van der Waals surface area contributed by atoms with Crippen LogP contribution in [0.1, 0.15) is 12.5 Å². The Labute approximate surface area is 115 Å². The first kappa shape index (κ1) is 13.8. The third kappa shape index (κ3) is 3.69. The zero-order chi connectivity index (χ0) is 13.8. The molecule has 102 valence electrons. The average Bonchev–Trinajstić information content (AvgIpc) is 2.37. The fourth-order valence-corrected chi connectivity index (χ4v) is 2.37. The molecule has 1 unspecified atom stereocenters. The van der Waals surface area contributed by atoms with E-state index in [2.05, 4.69) is 42.3 Å². The Morgan fingerprint density at radius 1 is 1.16 bits per heavy atom. The third-order valence-corrected chi connectivity index (χ3v) is 3.16. The van der Waals surface area contributed by atoms with Crippen molar-refractivity contribution in [3.05, 3.63) is 42.0 Å². The Bertz CT molecular complexity index is 551. The van der Waals surface area contributed by atoms with Gasteiger partial charge in [-0.3, -0.25) is 0 Å². The van der Waals surface area contributed by atoms with Gasteiger partial charge in [0.1, 0.15) is 5.75 Å². The van der Waals surface area contributed by atoms with E-state index in [9.17, 15) is 0 Å². The first-order valence-corrected chi connectivity index (χ1v) is 6.59. The van der Waals surface area contributed by atoms with Gasteiger partial charge >= 0.3 is 0 Å². The van der Waals surface area contributed by atoms with Gasteiger partial charge in [-0.15, -0.1) is 0 Å². The van der Waals surface area contributed by atoms with E-state index in [-0.39, 0.29) is 6.04 Å². The van der Waals surface area contributed by atoms with Crippen molar-refractivity contribution in [3.8, 4) is 5.75 Å². The topological polar surface area (TPSA) is 38.5 Å². The summed E-state index contributed by atoms with van der Waals surface area (Å²) >= 11 is 0. The van der Waals surface area contributed by atoms with E-state index in [0.717, 1.165) is 18.8 Å². The molecule has 1 atom stereocenters. The van der Waals surface area contributed by atoms with Gasteiger partial charge in [-0.25, -0.2) is 0 Å². The Hall–Kier alpha value is -1.58. The summed E-state index contributed by atoms with van der Waals surface area (Å²) in [4.78, 5) is 2.25. The van der Waals surface area contributed by atoms with E-state index in [1.807, 2.05) is 13.0 Å². The van der Waals surface area contributed by atoms with Gasteiger partial charge in [0.15, 0.2) is 0 Å². The van der Waals surface area contributed by atoms with Gasteiger partial charge < -0.3 is 15.4 Å². The molecule has 0 radical (unpaired) electrons. The fourth-order valence-electron chi connectivity index (χ4n) is 2.37. The molecular formula is C16H22N2O. The first-order valence-electron chi connectivity index (χ1n) is 6.59. The Balaban J connectivity index is 2.17. The number of ether oxygens (including phenoxy) is 1. The standard InChI is InChI=1S/C16H22N2O/c1-12(17)10-18(2)11-13-4-5-15-9-16(19-3)7-6-14(15)8-13/h4-9,12H,10-11,17H2,1-3H3. The molecule has 19 heavy (non-hydrogen) atoms. The number of hydrogen-bond donors (Lipinski definition) is 1. The van der Waals surface area contributed by atoms with Crippen molar-refractivity contribution in [1.82, 2.24) is 4.90 Å². The molecule has 2 N–H and O–H groups in total. The Kier molecular flexibility index (Phi) is 4.40. The van der Waals surface area contributed by atoms with E-state index < -0.39 is 0 Å². The number of nitrogens with zero attached hydrogens (tertiary/aromatic N) is 1. The summed E-state index contributed by atoms with van der Waals surface area (Å²) in [5.74, 6) is 0.898. The quantitative estimate of drug-likeness (QED) is 0.896. The van der Waals surface area contributed by atoms with Crippen molar-refractivity contribution in [2.75, 3.05) is 20.7 Å². The van der Waals surface area contributed by atoms with Crippen molar-refractivity contribution < 1.29 is 4.74 Å². The Morgan fingerprint density at radius 3 is 2.53 bits per heavy atom. The maximum atomic E-state index is 5.81. The lowest BCUT2D eigenvalue weighted by Crippen LogP contribution is -2.32. The first-order chi connectivity index (χ1) is 9.08. The molecule has 0 aliphatic carbocycles. The van der Waals surface area contributed by atoms with Crippen LogP contribution in [-0.2, 0) is 6.54 Å². The average molecular weight is 258 g/mol. The van der Waals surface area contributed by atoms with Crippen LogP contribution in [0.15, 0.2) is 36.4 Å². The van der Waals surface area contributed by atoms with Gasteiger partial charge in [-0.2, -0.15) is 0 Å². The normalized spacial score (nSPS) is 12.9. The lowest BCUT2D eigenvalue weighted by Gasteiger charge is -2.19. The number of likely N-dealkylation sites (N-methyl/N-ethyl adjacent to an activating group) is 1. The minimum Gasteiger partial charge on any atom is -0.497 e. The maximum absolute atomic E-state index is 5.81. The molecule has 2 aromatic carbocycles. The second-order valence-electron chi connectivity index (χ2n) is 5.22. The molecule has 0 aliphatic rings. The lowest BCUT2D eigenvalue weighted by molar-refractivity contribution is 0.310. The van der Waals surface area contributed by atoms with E-state index in [4.69, 9.17) is 10.5 Å². The zero-order valence-electron chi connectivity index (χ0n) is 11.9. The van der Waals surface area contributed by atoms with Crippen LogP contribution in [-0.4, -0.2) is 31.6 Å². The zero-order valence-corrected chi connectivity index (χ0v) is 11.9. The van der Waals surface area contributed by atoms with Gasteiger partial charge in [0.2, 0.25) is 0 Å². The van der Waals surface area contributed by atoms with E-state index in [0.29, 0.717) is 0 Å². The van der Waals surface area contributed by atoms with Crippen LogP contribution in [0.3, 0.4) is 0 Å². The predicted octanol–water partition coefficient (Wildman–Crippen LogP) is 2.63. The summed E-state index contributed by atoms with van der Waals surface area (Å²) in [6.45, 7) is 3.85. The van der Waals surface area contributed by atoms with Crippen LogP contribution in [0.25, 0.3) is 10.8 Å². The smallest absolute Gasteiger partial charge is 0.119 e. The molecule has 0 aromatic heterocycles. The summed E-state index contributed by atoms with van der Waals surface area (Å²) in [5.41, 5.74) is 7.12. The van der Waals surface area contributed by atoms with Crippen LogP contribution in [0.4, 0.5) is 0 Å². The second kappa shape index (κ2) is 6.04. The molecule has 2 aromatic rings. The van der Waals surface area contributed by atoms with Crippen molar-refractivity contribution in [1.29, 1.82) is 0 Å². The van der Waals surface area contributed by atoms with Crippen LogP contribution in [0.5, 0.6) is 5.75 Å². The number of fused-ring (bicyclic) bond motifs is 1. The minimum atomic E-state index is 0.203. The number of rotatable bonds is 5. The largest absolute Gasteiger partial charge is 0.497 e. The number of nitrogens with two attached hydrogens (primary N) is 1. The van der Waals surface area contributed by atoms with Gasteiger partial charge in [0, 0.05) is 19.1 Å². The molecule has 0 bridgehead atoms. The predicted molar refractivity (Wildman–Crippen MR) is 80.5 cm³/mol. The molecule has 0 heterocycles. The van der Waals surface area contributed by atoms with Crippen molar-refractivity contribution in [3.63, 3.8) is 0 Å². The molecule has 3 nitrogen and oxygen atoms in total. The molecule has 0 saturated carbocycles. The van der Waals surface area contributed by atoms with Gasteiger partial charge in [0.05, 0.1) is 7.11 Å². The van der Waals surface area contributed by atoms with Gasteiger partial charge in [-0.1, -0.05) is 18.2 Å². The summed E-state index contributed by atoms with van der Waals surface area (Å²) in [5, 5.41) is 2.45. The molecule has 3 heteroatoms. The molecular weight excluding hydrogens is 236 g/mol. The molecule has 0 amide bonds. The number of hydrogen-bond acceptors (Lipinski definition) is 3. The molecule has 0 spiro atoms. The summed E-state index contributed by atoms with van der Waals surface area (Å²) in [6.07, 6.45) is 0. The fraction of sp³-hybridized carbons (Fsp3) is 0.375. The number of methoxy groups -OCH3 is 1. The van der Waals surface area contributed by atoms with Crippen LogP contribution >= 0.6 is 0 Å². The summed E-state index contributed by atoms with van der Waals surface area (Å²) < 4.78 is 5.24. The van der Waals surface area contributed by atoms with Crippen LogP contribution < -0.4 is 10.5 Å². The molecule has 0 aliphatic heterocycles. The lowest BCUT2D eigenvalue weighted by atomic mass is 10.1. The van der Waals surface area contributed by atoms with Gasteiger partial charge in [-0.05, 0) is 48.5 Å². The highest BCUT2D eigenvalue weighted by atomic mass is 16.5. The van der Waals surface area contributed by atoms with Crippen LogP contribution in [0.2, 0.25) is 0 Å². The highest BCUT2D eigenvalue weighted by Crippen LogP contribution is 2.22. The minimum absolute atomic E-state index is 0.203. The molecule has 2 rings (SSSR count). The van der Waals surface area contributed by atoms with E-state index in [1.54, 1.807) is 7.11 Å². The summed E-state index contributed by atoms with van der Waals surface area (Å²) in [7, 11) is 3.79. The molecule has 0 fully saturated rings. The Morgan fingerprint density at radius 2 is 1.84 bits per heavy atom. The second-order valence-corrected chi connectivity index (χ2v) is 5.22. The highest BCUT2D eigenvalue weighted by Gasteiger charge is 2.04. The summed E-state index contributed by atoms with van der Waals surface area (Å²) in [6, 6.07) is 12.9. The highest BCUT2D eigenvalue weighted by molar-refractivity contribution is 5.84. The monoisotopic (exact) mass is 258 g/mol. The maximum Gasteiger partial charge on any atom is 0.119 e. The van der Waals surface area contributed by atoms with Crippen molar-refractivity contribution in [2.24, 2.45) is 5.73 Å². The molecule has 0 saturated heterocycles. The van der Waals surface area contributed by atoms with E-state index in [1.165, 1.54) is 16.3 Å². The van der Waals surface area contributed by atoms with Gasteiger partial charge in [0.25, 0.3) is 0 Å². The van der Waals surface area contributed by atoms with E-state index >= 15 is 0 Å². The third-order valence-electron chi connectivity index (χ3n) is 3.16. The van der Waals surface area contributed by atoms with Crippen molar-refractivity contribution in [2.45, 2.75) is 19.5 Å². The van der Waals surface area contributed by atoms with Crippen LogP contribution in [0, 0.1) is 0 Å². The number of benzene rings is 2.